The number of rotatable bonds is 4. The summed E-state index contributed by atoms with van der Waals surface area (Å²) >= 11 is 0. The minimum atomic E-state index is -0.211. The van der Waals surface area contributed by atoms with Crippen LogP contribution < -0.4 is 5.32 Å². The molecule has 5 nitrogen and oxygen atoms in total. The summed E-state index contributed by atoms with van der Waals surface area (Å²) in [5.41, 5.74) is 4.48. The van der Waals surface area contributed by atoms with Crippen molar-refractivity contribution in [1.82, 2.24) is 9.80 Å². The second-order valence-corrected chi connectivity index (χ2v) is 12.4. The molecule has 0 aromatic heterocycles. The van der Waals surface area contributed by atoms with E-state index in [9.17, 15) is 9.90 Å². The highest BCUT2D eigenvalue weighted by molar-refractivity contribution is 5.89. The first-order valence-electron chi connectivity index (χ1n) is 13.3. The van der Waals surface area contributed by atoms with E-state index >= 15 is 0 Å². The average molecular weight is 476 g/mol. The van der Waals surface area contributed by atoms with Gasteiger partial charge in [-0.05, 0) is 90.9 Å². The number of aromatic hydroxyl groups is 1. The van der Waals surface area contributed by atoms with Crippen LogP contribution in [0.25, 0.3) is 0 Å². The smallest absolute Gasteiger partial charge is 0.321 e. The lowest BCUT2D eigenvalue weighted by Crippen LogP contribution is -2.63. The molecule has 3 atom stereocenters. The van der Waals surface area contributed by atoms with Gasteiger partial charge in [-0.1, -0.05) is 45.9 Å². The van der Waals surface area contributed by atoms with Crippen LogP contribution >= 0.6 is 0 Å². The van der Waals surface area contributed by atoms with Gasteiger partial charge in [0.1, 0.15) is 5.75 Å². The number of phenolic OH excluding ortho intramolecular Hbond substituents is 1. The Morgan fingerprint density at radius 1 is 1.17 bits per heavy atom. The van der Waals surface area contributed by atoms with Gasteiger partial charge in [-0.2, -0.15) is 0 Å². The van der Waals surface area contributed by atoms with E-state index in [2.05, 4.69) is 56.1 Å². The molecule has 5 rings (SSSR count). The summed E-state index contributed by atoms with van der Waals surface area (Å²) in [7, 11) is 1.96. The zero-order valence-corrected chi connectivity index (χ0v) is 22.0. The van der Waals surface area contributed by atoms with Crippen LogP contribution in [0.4, 0.5) is 10.5 Å². The van der Waals surface area contributed by atoms with Crippen molar-refractivity contribution in [2.75, 3.05) is 25.5 Å². The van der Waals surface area contributed by atoms with Crippen LogP contribution in [0.2, 0.25) is 0 Å². The summed E-state index contributed by atoms with van der Waals surface area (Å²) in [5.74, 6) is 1.12. The number of anilines is 1. The highest BCUT2D eigenvalue weighted by Gasteiger charge is 2.52. The van der Waals surface area contributed by atoms with Crippen molar-refractivity contribution in [2.45, 2.75) is 82.7 Å². The maximum Gasteiger partial charge on any atom is 0.321 e. The first-order chi connectivity index (χ1) is 16.6. The van der Waals surface area contributed by atoms with Gasteiger partial charge in [0.05, 0.1) is 6.04 Å². The Labute approximate surface area is 210 Å². The maximum atomic E-state index is 13.6. The standard InChI is InChI=1S/C30H41N3O2/c1-29(2,3)22-10-12-23(13-11-22)31-28(35)32(5)27-26-17-21-9-14-24(34)18-25(21)30(27,4)15-6-16-33(26)19-20-7-8-20/h9-14,18,20,26-27,34H,6-8,15-17,19H2,1-5H3,(H,31,35)/t26-,27-,30+/m1/s1. The Bertz CT molecular complexity index is 1090. The molecule has 2 aromatic rings. The Morgan fingerprint density at radius 2 is 1.89 bits per heavy atom. The molecule has 0 spiro atoms. The van der Waals surface area contributed by atoms with E-state index < -0.39 is 0 Å². The number of carbonyl (C=O) groups excluding carboxylic acids is 1. The van der Waals surface area contributed by atoms with Crippen molar-refractivity contribution < 1.29 is 9.90 Å². The van der Waals surface area contributed by atoms with Gasteiger partial charge in [-0.15, -0.1) is 0 Å². The SMILES string of the molecule is CN(C(=O)Nc1ccc(C(C)(C)C)cc1)[C@@H]1[C@H]2Cc3ccc(O)cc3[C@]1(C)CCCN2CC1CC1. The number of hydrogen-bond acceptors (Lipinski definition) is 3. The Hall–Kier alpha value is -2.53. The number of carbonyl (C=O) groups is 1. The molecule has 1 saturated heterocycles. The van der Waals surface area contributed by atoms with E-state index in [1.54, 1.807) is 0 Å². The summed E-state index contributed by atoms with van der Waals surface area (Å²) < 4.78 is 0. The van der Waals surface area contributed by atoms with E-state index in [-0.39, 0.29) is 28.9 Å². The zero-order valence-electron chi connectivity index (χ0n) is 22.0. The average Bonchev–Trinajstić information content (AvgIpc) is 3.62. The lowest BCUT2D eigenvalue weighted by Gasteiger charge is -2.51. The summed E-state index contributed by atoms with van der Waals surface area (Å²) in [6.07, 6.45) is 5.69. The predicted octanol–water partition coefficient (Wildman–Crippen LogP) is 5.91. The van der Waals surface area contributed by atoms with Crippen molar-refractivity contribution in [1.29, 1.82) is 0 Å². The lowest BCUT2D eigenvalue weighted by molar-refractivity contribution is 0.0727. The van der Waals surface area contributed by atoms with Gasteiger partial charge in [0.15, 0.2) is 0 Å². The minimum absolute atomic E-state index is 0.0342. The summed E-state index contributed by atoms with van der Waals surface area (Å²) in [5, 5.41) is 13.5. The molecule has 2 amide bonds. The van der Waals surface area contributed by atoms with Crippen molar-refractivity contribution in [3.8, 4) is 5.75 Å². The number of hydrogen-bond donors (Lipinski definition) is 2. The van der Waals surface area contributed by atoms with Crippen LogP contribution in [0.15, 0.2) is 42.5 Å². The van der Waals surface area contributed by atoms with Gasteiger partial charge in [0, 0.05) is 30.7 Å². The lowest BCUT2D eigenvalue weighted by atomic mass is 9.64. The first kappa shape index (κ1) is 24.2. The molecule has 2 bridgehead atoms. The van der Waals surface area contributed by atoms with E-state index in [4.69, 9.17) is 0 Å². The molecule has 35 heavy (non-hydrogen) atoms. The molecular formula is C30H41N3O2. The number of likely N-dealkylation sites (N-methyl/N-ethyl adjacent to an activating group) is 1. The molecule has 2 aliphatic carbocycles. The number of nitrogens with zero attached hydrogens (tertiary/aromatic N) is 2. The highest BCUT2D eigenvalue weighted by atomic mass is 16.3. The van der Waals surface area contributed by atoms with Crippen molar-refractivity contribution in [3.05, 3.63) is 59.2 Å². The summed E-state index contributed by atoms with van der Waals surface area (Å²) in [4.78, 5) is 18.3. The number of amides is 2. The summed E-state index contributed by atoms with van der Waals surface area (Å²) in [6, 6.07) is 14.3. The molecule has 188 valence electrons. The van der Waals surface area contributed by atoms with Gasteiger partial charge >= 0.3 is 6.03 Å². The Balaban J connectivity index is 1.46. The van der Waals surface area contributed by atoms with Crippen LogP contribution in [0, 0.1) is 5.92 Å². The summed E-state index contributed by atoms with van der Waals surface area (Å²) in [6.45, 7) is 11.1. The quantitative estimate of drug-likeness (QED) is 0.578. The van der Waals surface area contributed by atoms with Crippen molar-refractivity contribution in [2.24, 2.45) is 5.92 Å². The molecule has 3 aliphatic rings. The number of nitrogens with one attached hydrogen (secondary N) is 1. The van der Waals surface area contributed by atoms with Crippen LogP contribution in [0.3, 0.4) is 0 Å². The van der Waals surface area contributed by atoms with Crippen molar-refractivity contribution in [3.63, 3.8) is 0 Å². The molecule has 2 N–H and O–H groups in total. The normalized spacial score (nSPS) is 26.5. The van der Waals surface area contributed by atoms with Gasteiger partial charge in [0.2, 0.25) is 0 Å². The number of urea groups is 1. The third-order valence-electron chi connectivity index (χ3n) is 8.69. The first-order valence-corrected chi connectivity index (χ1v) is 13.3. The third kappa shape index (κ3) is 4.67. The second kappa shape index (κ2) is 8.85. The van der Waals surface area contributed by atoms with E-state index in [1.165, 1.54) is 29.5 Å². The van der Waals surface area contributed by atoms with Gasteiger partial charge < -0.3 is 15.3 Å². The zero-order chi connectivity index (χ0) is 25.0. The fourth-order valence-electron chi connectivity index (χ4n) is 6.56. The van der Waals surface area contributed by atoms with E-state index in [1.807, 2.05) is 36.2 Å². The van der Waals surface area contributed by atoms with Gasteiger partial charge in [-0.25, -0.2) is 4.79 Å². The molecule has 1 aliphatic heterocycles. The number of benzene rings is 2. The third-order valence-corrected chi connectivity index (χ3v) is 8.69. The van der Waals surface area contributed by atoms with Crippen molar-refractivity contribution >= 4 is 11.7 Å². The van der Waals surface area contributed by atoms with E-state index in [0.29, 0.717) is 5.75 Å². The predicted molar refractivity (Wildman–Crippen MR) is 142 cm³/mol. The van der Waals surface area contributed by atoms with Gasteiger partial charge in [-0.3, -0.25) is 4.90 Å². The molecule has 2 aromatic carbocycles. The molecule has 5 heteroatoms. The fourth-order valence-corrected chi connectivity index (χ4v) is 6.56. The molecule has 2 fully saturated rings. The molecule has 1 saturated carbocycles. The fraction of sp³-hybridized carbons (Fsp3) is 0.567. The topological polar surface area (TPSA) is 55.8 Å². The Kier molecular flexibility index (Phi) is 6.11. The monoisotopic (exact) mass is 475 g/mol. The van der Waals surface area contributed by atoms with E-state index in [0.717, 1.165) is 44.0 Å². The molecule has 0 radical (unpaired) electrons. The minimum Gasteiger partial charge on any atom is -0.508 e. The number of likely N-dealkylation sites (tertiary alicyclic amines) is 1. The maximum absolute atomic E-state index is 13.6. The second-order valence-electron chi connectivity index (χ2n) is 12.4. The van der Waals surface area contributed by atoms with Crippen LogP contribution in [0.5, 0.6) is 5.75 Å². The molecular weight excluding hydrogens is 434 g/mol. The molecule has 1 heterocycles. The van der Waals surface area contributed by atoms with Crippen LogP contribution in [0.1, 0.15) is 70.1 Å². The molecule has 0 unspecified atom stereocenters. The Morgan fingerprint density at radius 3 is 2.54 bits per heavy atom. The largest absolute Gasteiger partial charge is 0.508 e. The number of phenols is 1. The van der Waals surface area contributed by atoms with Crippen LogP contribution in [-0.2, 0) is 17.3 Å². The van der Waals surface area contributed by atoms with Gasteiger partial charge in [0.25, 0.3) is 0 Å². The van der Waals surface area contributed by atoms with Crippen LogP contribution in [-0.4, -0.2) is 53.2 Å². The number of fused-ring (bicyclic) bond motifs is 4. The highest BCUT2D eigenvalue weighted by Crippen LogP contribution is 2.48.